The molecule has 11 amide bonds. The molecular formula is C61H109N11O12. The molecule has 84 heavy (non-hydrogen) atoms. The van der Waals surface area contributed by atoms with E-state index < -0.39 is 156 Å². The van der Waals surface area contributed by atoms with Crippen LogP contribution in [0, 0.1) is 41.4 Å². The molecule has 1 saturated heterocycles. The highest BCUT2D eigenvalue weighted by molar-refractivity contribution is 5.99. The fraction of sp³-hybridized carbons (Fsp3) is 0.787. The van der Waals surface area contributed by atoms with Crippen molar-refractivity contribution >= 4 is 65.0 Å². The summed E-state index contributed by atoms with van der Waals surface area (Å²) in [6.45, 7) is 29.2. The highest BCUT2D eigenvalue weighted by atomic mass is 16.3. The number of allylic oxidation sites excluding steroid dienone is 2. The topological polar surface area (TPSA) is 288 Å². The lowest BCUT2D eigenvalue weighted by Crippen LogP contribution is -2.63. The average molecular weight is 1190 g/mol. The molecule has 1 aliphatic heterocycles. The minimum absolute atomic E-state index is 0.0205. The van der Waals surface area contributed by atoms with Crippen molar-refractivity contribution in [3.8, 4) is 0 Å². The Labute approximate surface area is 502 Å². The lowest BCUT2D eigenvalue weighted by molar-refractivity contribution is -0.157. The van der Waals surface area contributed by atoms with Gasteiger partial charge in [-0.3, -0.25) is 52.7 Å². The Morgan fingerprint density at radius 1 is 0.464 bits per heavy atom. The monoisotopic (exact) mass is 1190 g/mol. The molecule has 480 valence electrons. The zero-order valence-corrected chi connectivity index (χ0v) is 55.1. The van der Waals surface area contributed by atoms with Gasteiger partial charge < -0.3 is 61.1 Å². The largest absolute Gasteiger partial charge is 0.390 e. The van der Waals surface area contributed by atoms with E-state index in [1.165, 1.54) is 75.7 Å². The van der Waals surface area contributed by atoms with Crippen molar-refractivity contribution < 1.29 is 57.8 Å². The highest BCUT2D eigenvalue weighted by Crippen LogP contribution is 2.25. The number of likely N-dealkylation sites (N-methyl/N-ethyl adjacent to an activating group) is 6. The van der Waals surface area contributed by atoms with Gasteiger partial charge in [0.1, 0.15) is 60.4 Å². The molecule has 12 atom stereocenters. The number of hydrogen-bond donors (Lipinski definition) is 6. The van der Waals surface area contributed by atoms with Gasteiger partial charge in [-0.15, -0.1) is 0 Å². The summed E-state index contributed by atoms with van der Waals surface area (Å²) in [4.78, 5) is 166. The predicted octanol–water partition coefficient (Wildman–Crippen LogP) is 2.93. The van der Waals surface area contributed by atoms with Crippen LogP contribution in [0.25, 0.3) is 0 Å². The number of hydrogen-bond acceptors (Lipinski definition) is 12. The Balaban J connectivity index is 4.27. The number of nitrogens with zero attached hydrogens (tertiary/aromatic N) is 6. The molecular weight excluding hydrogens is 1080 g/mol. The Bertz CT molecular complexity index is 2290. The van der Waals surface area contributed by atoms with Gasteiger partial charge >= 0.3 is 0 Å². The highest BCUT2D eigenvalue weighted by Gasteiger charge is 2.45. The van der Waals surface area contributed by atoms with E-state index in [1.807, 2.05) is 55.4 Å². The maximum atomic E-state index is 15.1. The first-order valence-electron chi connectivity index (χ1n) is 30.2. The second kappa shape index (κ2) is 34.7. The molecule has 1 heterocycles. The minimum atomic E-state index is -1.61. The molecule has 0 aliphatic carbocycles. The Hall–Kier alpha value is -6.13. The van der Waals surface area contributed by atoms with Gasteiger partial charge in [0.25, 0.3) is 0 Å². The number of carbonyl (C=O) groups is 11. The molecule has 23 heteroatoms. The summed E-state index contributed by atoms with van der Waals surface area (Å²) >= 11 is 0. The first-order valence-corrected chi connectivity index (χ1v) is 30.2. The van der Waals surface area contributed by atoms with Crippen LogP contribution in [0.4, 0.5) is 0 Å². The van der Waals surface area contributed by atoms with Gasteiger partial charge in [-0.2, -0.15) is 0 Å². The first-order chi connectivity index (χ1) is 38.8. The number of carbonyl (C=O) groups excluding carboxylic acids is 11. The van der Waals surface area contributed by atoms with E-state index in [1.54, 1.807) is 60.6 Å². The van der Waals surface area contributed by atoms with Crippen LogP contribution >= 0.6 is 0 Å². The molecule has 8 unspecified atom stereocenters. The fourth-order valence-corrected chi connectivity index (χ4v) is 10.5. The molecule has 1 rings (SSSR count). The molecule has 1 fully saturated rings. The molecule has 0 spiro atoms. The fourth-order valence-electron chi connectivity index (χ4n) is 10.5. The second-order valence-corrected chi connectivity index (χ2v) is 25.7. The number of aliphatic hydroxyl groups excluding tert-OH is 1. The number of nitrogens with one attached hydrogen (secondary N) is 5. The smallest absolute Gasteiger partial charge is 0.246 e. The molecule has 0 aromatic heterocycles. The molecule has 0 aromatic rings. The van der Waals surface area contributed by atoms with Crippen molar-refractivity contribution in [2.24, 2.45) is 41.4 Å². The summed E-state index contributed by atoms with van der Waals surface area (Å²) < 4.78 is 0. The lowest BCUT2D eigenvalue weighted by Gasteiger charge is -2.41. The quantitative estimate of drug-likeness (QED) is 0.129. The zero-order chi connectivity index (χ0) is 65.1. The third-order valence-corrected chi connectivity index (χ3v) is 15.6. The van der Waals surface area contributed by atoms with Crippen LogP contribution in [0.1, 0.15) is 156 Å². The van der Waals surface area contributed by atoms with Crippen LogP contribution in [0.5, 0.6) is 0 Å². The molecule has 0 radical (unpaired) electrons. The summed E-state index contributed by atoms with van der Waals surface area (Å²) in [5.41, 5.74) is 0. The van der Waals surface area contributed by atoms with Gasteiger partial charge in [0.15, 0.2) is 0 Å². The maximum absolute atomic E-state index is 15.1. The normalized spacial score (nSPS) is 27.0. The third-order valence-electron chi connectivity index (χ3n) is 15.6. The molecule has 0 bridgehead atoms. The van der Waals surface area contributed by atoms with Crippen LogP contribution in [0.2, 0.25) is 0 Å². The standard InChI is InChI=1S/C61H109N11O12/c1-24-26-27-39(15)51(74)50-55(78)65-42(25-2)57(80)67(18)32-47(73)64-43(28-33(3)4)53(76)66-48(37(11)12)60(83)68(19)44(29-34(5)6)54(77)62-40(16)52(75)63-41(17)56(79)69(20)45(30-35(7)8)58(81)70(21)46(31-36(9)10)59(82)71(22)49(38(13)14)61(84)72(50)23/h24,26,33-46,48-51,74H,25,27-32H2,1-23H3,(H,62,77)(H,63,75)(H,64,73)(H,65,78)(H,66,76)/b26-24-/t39-,40?,41?,42?,43+,44?,45?,46?,48?,49?,50+,51-/m1/s1. The van der Waals surface area contributed by atoms with Crippen molar-refractivity contribution in [1.29, 1.82) is 0 Å². The van der Waals surface area contributed by atoms with E-state index in [2.05, 4.69) is 26.6 Å². The van der Waals surface area contributed by atoms with Crippen molar-refractivity contribution in [2.45, 2.75) is 223 Å². The van der Waals surface area contributed by atoms with Gasteiger partial charge in [-0.1, -0.05) is 109 Å². The summed E-state index contributed by atoms with van der Waals surface area (Å²) in [5.74, 6) is -9.86. The van der Waals surface area contributed by atoms with Crippen LogP contribution < -0.4 is 26.6 Å². The summed E-state index contributed by atoms with van der Waals surface area (Å²) in [7, 11) is 8.46. The third kappa shape index (κ3) is 21.7. The van der Waals surface area contributed by atoms with Crippen LogP contribution in [0.15, 0.2) is 12.2 Å². The lowest BCUT2D eigenvalue weighted by atomic mass is 9.91. The van der Waals surface area contributed by atoms with Gasteiger partial charge in [-0.25, -0.2) is 0 Å². The van der Waals surface area contributed by atoms with E-state index in [9.17, 15) is 48.3 Å². The Kier molecular flexibility index (Phi) is 31.4. The van der Waals surface area contributed by atoms with Gasteiger partial charge in [-0.05, 0) is 101 Å². The zero-order valence-electron chi connectivity index (χ0n) is 55.1. The molecule has 6 N–H and O–H groups in total. The van der Waals surface area contributed by atoms with Crippen molar-refractivity contribution in [3.05, 3.63) is 12.2 Å². The van der Waals surface area contributed by atoms with Crippen molar-refractivity contribution in [3.63, 3.8) is 0 Å². The van der Waals surface area contributed by atoms with Gasteiger partial charge in [0, 0.05) is 42.3 Å². The van der Waals surface area contributed by atoms with Crippen LogP contribution in [0.3, 0.4) is 0 Å². The number of rotatable bonds is 15. The van der Waals surface area contributed by atoms with Gasteiger partial charge in [0.2, 0.25) is 65.0 Å². The van der Waals surface area contributed by atoms with Gasteiger partial charge in [0.05, 0.1) is 12.6 Å². The van der Waals surface area contributed by atoms with E-state index in [0.29, 0.717) is 6.42 Å². The van der Waals surface area contributed by atoms with Crippen LogP contribution in [-0.4, -0.2) is 215 Å². The molecule has 0 aromatic carbocycles. The molecule has 0 saturated carbocycles. The number of aliphatic hydroxyl groups is 1. The van der Waals surface area contributed by atoms with E-state index in [-0.39, 0.29) is 55.8 Å². The summed E-state index contributed by atoms with van der Waals surface area (Å²) in [6, 6.07) is -12.4. The van der Waals surface area contributed by atoms with E-state index >= 15 is 9.59 Å². The van der Waals surface area contributed by atoms with E-state index in [4.69, 9.17) is 0 Å². The van der Waals surface area contributed by atoms with E-state index in [0.717, 1.165) is 9.80 Å². The summed E-state index contributed by atoms with van der Waals surface area (Å²) in [6.07, 6.45) is 3.01. The average Bonchev–Trinajstić information content (AvgIpc) is 3.34. The van der Waals surface area contributed by atoms with Crippen molar-refractivity contribution in [1.82, 2.24) is 56.0 Å². The second-order valence-electron chi connectivity index (χ2n) is 25.7. The molecule has 1 aliphatic rings. The maximum Gasteiger partial charge on any atom is 0.246 e. The minimum Gasteiger partial charge on any atom is -0.390 e. The Morgan fingerprint density at radius 2 is 0.917 bits per heavy atom. The summed E-state index contributed by atoms with van der Waals surface area (Å²) in [5, 5.41) is 25.7. The SMILES string of the molecule is C/C=C\C[C@@H](C)[C@@H](O)[C@H]1C(=O)NC(CC)C(=O)N(C)CC(=O)N[C@@H](CC(C)C)C(=O)NC(C(C)C)C(=O)N(C)C(CC(C)C)C(=O)NC(C)C(=O)NC(C)C(=O)N(C)C(CC(C)C)C(=O)N(C)C(CC(C)C)C(=O)N(C)C(C(C)C)C(=O)N1C. The van der Waals surface area contributed by atoms with Crippen LogP contribution in [-0.2, 0) is 52.7 Å². The predicted molar refractivity (Wildman–Crippen MR) is 324 cm³/mol. The number of amides is 11. The Morgan fingerprint density at radius 3 is 1.38 bits per heavy atom. The first kappa shape index (κ1) is 75.9. The molecule has 23 nitrogen and oxygen atoms in total. The van der Waals surface area contributed by atoms with Crippen molar-refractivity contribution in [2.75, 3.05) is 48.8 Å².